The fourth-order valence-electron chi connectivity index (χ4n) is 5.94. The fourth-order valence-corrected chi connectivity index (χ4v) is 5.94. The average Bonchev–Trinajstić information content (AvgIpc) is 3.31. The van der Waals surface area contributed by atoms with Gasteiger partial charge in [-0.1, -0.05) is 37.6 Å². The van der Waals surface area contributed by atoms with Gasteiger partial charge in [0.15, 0.2) is 0 Å². The number of ether oxygens (including phenoxy) is 1. The van der Waals surface area contributed by atoms with E-state index >= 15 is 0 Å². The smallest absolute Gasteiger partial charge is 0.250 e. The number of nitrogens with one attached hydrogen (secondary N) is 1. The molecule has 2 fully saturated rings. The highest BCUT2D eigenvalue weighted by Crippen LogP contribution is 2.70. The van der Waals surface area contributed by atoms with E-state index in [1.54, 1.807) is 6.07 Å². The fraction of sp³-hybridized carbons (Fsp3) is 0.440. The number of piperidine rings is 1. The summed E-state index contributed by atoms with van der Waals surface area (Å²) >= 11 is 0. The van der Waals surface area contributed by atoms with Gasteiger partial charge in [-0.15, -0.1) is 0 Å². The van der Waals surface area contributed by atoms with E-state index in [2.05, 4.69) is 41.6 Å². The van der Waals surface area contributed by atoms with Crippen LogP contribution >= 0.6 is 0 Å². The Balaban J connectivity index is 1.47. The van der Waals surface area contributed by atoms with E-state index in [0.717, 1.165) is 43.4 Å². The second-order valence-corrected chi connectivity index (χ2v) is 9.08. The Morgan fingerprint density at radius 2 is 2.10 bits per heavy atom. The minimum atomic E-state index is -0.457. The Hall–Kier alpha value is -2.70. The highest BCUT2D eigenvalue weighted by Gasteiger charge is 2.71. The summed E-state index contributed by atoms with van der Waals surface area (Å²) in [4.78, 5) is 11.7. The maximum atomic E-state index is 11.7. The van der Waals surface area contributed by atoms with Crippen molar-refractivity contribution in [1.82, 2.24) is 15.1 Å². The molecular formula is C25H30N4O2. The number of benzene rings is 2. The molecule has 3 atom stereocenters. The van der Waals surface area contributed by atoms with E-state index in [1.807, 2.05) is 30.1 Å². The first-order valence-electron chi connectivity index (χ1n) is 11.2. The molecule has 1 aromatic heterocycles. The quantitative estimate of drug-likeness (QED) is 0.615. The Labute approximate surface area is 182 Å². The summed E-state index contributed by atoms with van der Waals surface area (Å²) in [6, 6.07) is 14.3. The number of rotatable bonds is 7. The molecule has 3 N–H and O–H groups in total. The Morgan fingerprint density at radius 3 is 2.81 bits per heavy atom. The molecule has 3 aromatic rings. The zero-order valence-electron chi connectivity index (χ0n) is 18.2. The molecule has 6 nitrogen and oxygen atoms in total. The maximum absolute atomic E-state index is 11.7. The molecule has 1 aliphatic heterocycles. The number of carbonyl (C=O) groups is 1. The molecule has 2 aliphatic rings. The van der Waals surface area contributed by atoms with Gasteiger partial charge in [0.05, 0.1) is 17.4 Å². The van der Waals surface area contributed by atoms with Gasteiger partial charge in [-0.25, -0.2) is 4.68 Å². The van der Waals surface area contributed by atoms with E-state index in [0.29, 0.717) is 11.1 Å². The summed E-state index contributed by atoms with van der Waals surface area (Å²) in [5, 5.41) is 9.16. The number of aromatic nitrogens is 2. The summed E-state index contributed by atoms with van der Waals surface area (Å²) in [6.45, 7) is 4.30. The lowest BCUT2D eigenvalue weighted by Gasteiger charge is -2.36. The lowest BCUT2D eigenvalue weighted by molar-refractivity contribution is 0.0150. The normalized spacial score (nSPS) is 25.9. The number of hydrogen-bond donors (Lipinski definition) is 2. The van der Waals surface area contributed by atoms with E-state index < -0.39 is 5.91 Å². The van der Waals surface area contributed by atoms with Gasteiger partial charge >= 0.3 is 0 Å². The van der Waals surface area contributed by atoms with Gasteiger partial charge in [-0.2, -0.15) is 5.10 Å². The van der Waals surface area contributed by atoms with Crippen molar-refractivity contribution in [3.05, 3.63) is 59.8 Å². The van der Waals surface area contributed by atoms with Crippen LogP contribution < -0.4 is 11.1 Å². The van der Waals surface area contributed by atoms with Crippen LogP contribution in [-0.4, -0.2) is 42.0 Å². The van der Waals surface area contributed by atoms with Crippen LogP contribution in [0.1, 0.15) is 48.5 Å². The van der Waals surface area contributed by atoms with Crippen LogP contribution in [-0.2, 0) is 10.2 Å². The molecule has 6 heteroatoms. The van der Waals surface area contributed by atoms with Crippen LogP contribution in [0.25, 0.3) is 16.6 Å². The molecule has 0 bridgehead atoms. The Bertz CT molecular complexity index is 1120. The third-order valence-corrected chi connectivity index (χ3v) is 7.55. The molecule has 0 radical (unpaired) electrons. The SMILES string of the molecule is CCCC(OC)C12CNCCC1(c1ccc(-n3cc4cccc(C(N)=O)c4n3)cc1)C2. The van der Waals surface area contributed by atoms with Crippen molar-refractivity contribution in [3.8, 4) is 5.69 Å². The lowest BCUT2D eigenvalue weighted by atomic mass is 9.77. The molecular weight excluding hydrogens is 388 g/mol. The molecule has 1 saturated heterocycles. The number of carbonyl (C=O) groups excluding carboxylic acids is 1. The van der Waals surface area contributed by atoms with Crippen LogP contribution in [0, 0.1) is 5.41 Å². The van der Waals surface area contributed by atoms with Crippen LogP contribution in [0.5, 0.6) is 0 Å². The van der Waals surface area contributed by atoms with Gasteiger partial charge in [0, 0.05) is 36.1 Å². The van der Waals surface area contributed by atoms with Gasteiger partial charge in [0.2, 0.25) is 0 Å². The van der Waals surface area contributed by atoms with E-state index in [9.17, 15) is 4.79 Å². The van der Waals surface area contributed by atoms with Crippen molar-refractivity contribution >= 4 is 16.8 Å². The number of nitrogens with zero attached hydrogens (tertiary/aromatic N) is 2. The predicted molar refractivity (Wildman–Crippen MR) is 122 cm³/mol. The van der Waals surface area contributed by atoms with E-state index in [-0.39, 0.29) is 16.9 Å². The molecule has 5 rings (SSSR count). The first kappa shape index (κ1) is 20.2. The highest BCUT2D eigenvalue weighted by atomic mass is 16.5. The largest absolute Gasteiger partial charge is 0.381 e. The van der Waals surface area contributed by atoms with E-state index in [1.165, 1.54) is 12.0 Å². The van der Waals surface area contributed by atoms with Crippen molar-refractivity contribution in [3.63, 3.8) is 0 Å². The summed E-state index contributed by atoms with van der Waals surface area (Å²) < 4.78 is 7.82. The third kappa shape index (κ3) is 3.00. The van der Waals surface area contributed by atoms with E-state index in [4.69, 9.17) is 10.5 Å². The Kier molecular flexibility index (Phi) is 4.87. The predicted octanol–water partition coefficient (Wildman–Crippen LogP) is 3.56. The van der Waals surface area contributed by atoms with Crippen LogP contribution in [0.4, 0.5) is 0 Å². The number of fused-ring (bicyclic) bond motifs is 2. The van der Waals surface area contributed by atoms with Crippen molar-refractivity contribution in [1.29, 1.82) is 0 Å². The van der Waals surface area contributed by atoms with Crippen LogP contribution in [0.15, 0.2) is 48.7 Å². The zero-order valence-corrected chi connectivity index (χ0v) is 18.2. The molecule has 2 aromatic carbocycles. The number of primary amides is 1. The topological polar surface area (TPSA) is 82.2 Å². The molecule has 31 heavy (non-hydrogen) atoms. The summed E-state index contributed by atoms with van der Waals surface area (Å²) in [5.74, 6) is -0.457. The monoisotopic (exact) mass is 418 g/mol. The molecule has 1 saturated carbocycles. The van der Waals surface area contributed by atoms with Gasteiger partial charge < -0.3 is 15.8 Å². The van der Waals surface area contributed by atoms with Crippen molar-refractivity contribution < 1.29 is 9.53 Å². The number of nitrogens with two attached hydrogens (primary N) is 1. The summed E-state index contributed by atoms with van der Waals surface area (Å²) in [7, 11) is 1.86. The van der Waals surface area contributed by atoms with Gasteiger partial charge in [0.1, 0.15) is 5.52 Å². The zero-order chi connectivity index (χ0) is 21.6. The Morgan fingerprint density at radius 1 is 1.29 bits per heavy atom. The van der Waals surface area contributed by atoms with Gasteiger partial charge in [0.25, 0.3) is 5.91 Å². The molecule has 1 aliphatic carbocycles. The molecule has 2 heterocycles. The lowest BCUT2D eigenvalue weighted by Crippen LogP contribution is -2.45. The van der Waals surface area contributed by atoms with Gasteiger partial charge in [-0.05, 0) is 49.6 Å². The number of methoxy groups -OCH3 is 1. The second-order valence-electron chi connectivity index (χ2n) is 9.08. The number of hydrogen-bond acceptors (Lipinski definition) is 4. The molecule has 3 unspecified atom stereocenters. The highest BCUT2D eigenvalue weighted by molar-refractivity contribution is 6.04. The minimum Gasteiger partial charge on any atom is -0.381 e. The molecule has 1 amide bonds. The van der Waals surface area contributed by atoms with Crippen LogP contribution in [0.2, 0.25) is 0 Å². The standard InChI is InChI=1S/C25H30N4O2/c1-3-5-21(31-2)25-15-24(25,12-13-27-16-25)18-8-10-19(11-9-18)29-14-17-6-4-7-20(23(26)30)22(17)28-29/h4,6-11,14,21,27H,3,5,12-13,15-16H2,1-2H3,(H2,26,30). The summed E-state index contributed by atoms with van der Waals surface area (Å²) in [5.41, 5.74) is 9.36. The molecule has 0 spiro atoms. The average molecular weight is 419 g/mol. The minimum absolute atomic E-state index is 0.189. The van der Waals surface area contributed by atoms with Crippen LogP contribution in [0.3, 0.4) is 0 Å². The van der Waals surface area contributed by atoms with Gasteiger partial charge in [-0.3, -0.25) is 4.79 Å². The maximum Gasteiger partial charge on any atom is 0.250 e. The van der Waals surface area contributed by atoms with Crippen molar-refractivity contribution in [2.24, 2.45) is 11.1 Å². The molecule has 162 valence electrons. The van der Waals surface area contributed by atoms with Crippen molar-refractivity contribution in [2.75, 3.05) is 20.2 Å². The first-order valence-corrected chi connectivity index (χ1v) is 11.2. The van der Waals surface area contributed by atoms with Crippen molar-refractivity contribution in [2.45, 2.75) is 44.1 Å². The summed E-state index contributed by atoms with van der Waals surface area (Å²) in [6.07, 6.45) is 6.79. The second kappa shape index (κ2) is 7.46. The first-order chi connectivity index (χ1) is 15.0. The third-order valence-electron chi connectivity index (χ3n) is 7.55. The number of amides is 1.